The summed E-state index contributed by atoms with van der Waals surface area (Å²) in [6.07, 6.45) is 1.79. The van der Waals surface area contributed by atoms with Gasteiger partial charge in [0.05, 0.1) is 16.9 Å². The third kappa shape index (κ3) is 2.18. The summed E-state index contributed by atoms with van der Waals surface area (Å²) in [4.78, 5) is 4.35. The summed E-state index contributed by atoms with van der Waals surface area (Å²) in [7, 11) is -0.354. The number of hydrogen-bond acceptors (Lipinski definition) is 4. The first-order valence-corrected chi connectivity index (χ1v) is 6.28. The quantitative estimate of drug-likeness (QED) is 0.797. The van der Waals surface area contributed by atoms with E-state index in [0.717, 1.165) is 16.7 Å². The third-order valence-electron chi connectivity index (χ3n) is 3.93. The molecule has 0 saturated carbocycles. The minimum Gasteiger partial charge on any atom is -0.399 e. The molecule has 0 bridgehead atoms. The second-order valence-corrected chi connectivity index (χ2v) is 5.82. The molecule has 1 aliphatic rings. The van der Waals surface area contributed by atoms with Crippen LogP contribution in [-0.4, -0.2) is 23.3 Å². The predicted molar refractivity (Wildman–Crippen MR) is 72.6 cm³/mol. The van der Waals surface area contributed by atoms with Gasteiger partial charge < -0.3 is 15.0 Å². The van der Waals surface area contributed by atoms with Crippen molar-refractivity contribution in [1.82, 2.24) is 4.98 Å². The fourth-order valence-electron chi connectivity index (χ4n) is 1.95. The Kier molecular flexibility index (Phi) is 3.26. The molecule has 0 atom stereocenters. The summed E-state index contributed by atoms with van der Waals surface area (Å²) in [5, 5.41) is 0. The molecule has 18 heavy (non-hydrogen) atoms. The highest BCUT2D eigenvalue weighted by atomic mass is 16.7. The van der Waals surface area contributed by atoms with Crippen molar-refractivity contribution in [3.05, 3.63) is 23.5 Å². The Morgan fingerprint density at radius 2 is 1.78 bits per heavy atom. The van der Waals surface area contributed by atoms with E-state index in [0.29, 0.717) is 6.54 Å². The standard InChI is InChI=1S/C13H21BN2O2/c1-9-6-10(8-16-11(9)7-15)14-17-12(2,3)13(4,5)18-14/h6,8H,7,15H2,1-5H3. The van der Waals surface area contributed by atoms with E-state index in [2.05, 4.69) is 4.98 Å². The third-order valence-corrected chi connectivity index (χ3v) is 3.93. The fourth-order valence-corrected chi connectivity index (χ4v) is 1.95. The van der Waals surface area contributed by atoms with Gasteiger partial charge in [-0.25, -0.2) is 0 Å². The van der Waals surface area contributed by atoms with Crippen LogP contribution in [0.1, 0.15) is 39.0 Å². The Balaban J connectivity index is 2.27. The molecule has 0 aromatic carbocycles. The molecule has 1 fully saturated rings. The SMILES string of the molecule is Cc1cc(B2OC(C)(C)C(C)(C)O2)cnc1CN. The molecule has 0 amide bonds. The Morgan fingerprint density at radius 3 is 2.22 bits per heavy atom. The molecule has 5 heteroatoms. The number of aromatic nitrogens is 1. The van der Waals surface area contributed by atoms with Crippen molar-refractivity contribution in [3.63, 3.8) is 0 Å². The molecule has 1 aliphatic heterocycles. The van der Waals surface area contributed by atoms with Crippen molar-refractivity contribution in [3.8, 4) is 0 Å². The summed E-state index contributed by atoms with van der Waals surface area (Å²) in [6.45, 7) is 10.6. The maximum absolute atomic E-state index is 5.99. The van der Waals surface area contributed by atoms with Crippen LogP contribution < -0.4 is 11.2 Å². The number of hydrogen-bond donors (Lipinski definition) is 1. The first-order valence-electron chi connectivity index (χ1n) is 6.28. The molecule has 1 aromatic rings. The largest absolute Gasteiger partial charge is 0.496 e. The summed E-state index contributed by atoms with van der Waals surface area (Å²) in [6, 6.07) is 2.04. The van der Waals surface area contributed by atoms with Crippen LogP contribution in [-0.2, 0) is 15.9 Å². The topological polar surface area (TPSA) is 57.4 Å². The van der Waals surface area contributed by atoms with Crippen LogP contribution in [0.3, 0.4) is 0 Å². The Bertz CT molecular complexity index is 444. The molecular weight excluding hydrogens is 227 g/mol. The van der Waals surface area contributed by atoms with Gasteiger partial charge in [0.15, 0.2) is 0 Å². The van der Waals surface area contributed by atoms with Crippen molar-refractivity contribution in [2.75, 3.05) is 0 Å². The zero-order chi connectivity index (χ0) is 13.6. The molecule has 98 valence electrons. The second kappa shape index (κ2) is 4.33. The van der Waals surface area contributed by atoms with Gasteiger partial charge in [0.2, 0.25) is 0 Å². The van der Waals surface area contributed by atoms with E-state index in [1.165, 1.54) is 0 Å². The minimum absolute atomic E-state index is 0.321. The molecule has 4 nitrogen and oxygen atoms in total. The Morgan fingerprint density at radius 1 is 1.22 bits per heavy atom. The fraction of sp³-hybridized carbons (Fsp3) is 0.615. The average molecular weight is 248 g/mol. The highest BCUT2D eigenvalue weighted by molar-refractivity contribution is 6.62. The van der Waals surface area contributed by atoms with Gasteiger partial charge in [-0.15, -0.1) is 0 Å². The van der Waals surface area contributed by atoms with Crippen LogP contribution in [0.4, 0.5) is 0 Å². The van der Waals surface area contributed by atoms with Crippen LogP contribution in [0.25, 0.3) is 0 Å². The van der Waals surface area contributed by atoms with Gasteiger partial charge in [0.1, 0.15) is 0 Å². The van der Waals surface area contributed by atoms with Gasteiger partial charge in [-0.2, -0.15) is 0 Å². The lowest BCUT2D eigenvalue weighted by molar-refractivity contribution is 0.00578. The van der Waals surface area contributed by atoms with Crippen molar-refractivity contribution in [2.24, 2.45) is 5.73 Å². The van der Waals surface area contributed by atoms with Gasteiger partial charge >= 0.3 is 7.12 Å². The molecule has 2 rings (SSSR count). The second-order valence-electron chi connectivity index (χ2n) is 5.82. The van der Waals surface area contributed by atoms with Crippen molar-refractivity contribution in [2.45, 2.75) is 52.4 Å². The lowest BCUT2D eigenvalue weighted by Crippen LogP contribution is -2.41. The molecule has 1 saturated heterocycles. The van der Waals surface area contributed by atoms with Crippen LogP contribution in [0.2, 0.25) is 0 Å². The van der Waals surface area contributed by atoms with Gasteiger partial charge in [-0.3, -0.25) is 4.98 Å². The Hall–Kier alpha value is -0.905. The van der Waals surface area contributed by atoms with Crippen molar-refractivity contribution >= 4 is 12.6 Å². The summed E-state index contributed by atoms with van der Waals surface area (Å²) < 4.78 is 12.0. The van der Waals surface area contributed by atoms with E-state index in [9.17, 15) is 0 Å². The van der Waals surface area contributed by atoms with Gasteiger partial charge in [-0.05, 0) is 40.2 Å². The zero-order valence-corrected chi connectivity index (χ0v) is 11.8. The van der Waals surface area contributed by atoms with Crippen LogP contribution in [0, 0.1) is 6.92 Å². The van der Waals surface area contributed by atoms with Gasteiger partial charge in [0.25, 0.3) is 0 Å². The molecule has 0 radical (unpaired) electrons. The van der Waals surface area contributed by atoms with E-state index in [-0.39, 0.29) is 18.3 Å². The zero-order valence-electron chi connectivity index (χ0n) is 11.8. The summed E-state index contributed by atoms with van der Waals surface area (Å²) in [5.74, 6) is 0. The first-order chi connectivity index (χ1) is 8.27. The van der Waals surface area contributed by atoms with E-state index in [1.54, 1.807) is 6.20 Å². The van der Waals surface area contributed by atoms with Crippen molar-refractivity contribution in [1.29, 1.82) is 0 Å². The molecule has 2 heterocycles. The van der Waals surface area contributed by atoms with Gasteiger partial charge in [0, 0.05) is 18.2 Å². The number of rotatable bonds is 2. The summed E-state index contributed by atoms with van der Waals surface area (Å²) in [5.41, 5.74) is 7.91. The maximum Gasteiger partial charge on any atom is 0.496 e. The van der Waals surface area contributed by atoms with Crippen LogP contribution in [0.5, 0.6) is 0 Å². The molecule has 2 N–H and O–H groups in total. The van der Waals surface area contributed by atoms with Gasteiger partial charge in [-0.1, -0.05) is 6.07 Å². The number of nitrogens with two attached hydrogens (primary N) is 1. The molecule has 1 aromatic heterocycles. The highest BCUT2D eigenvalue weighted by Gasteiger charge is 2.51. The lowest BCUT2D eigenvalue weighted by atomic mass is 9.79. The predicted octanol–water partition coefficient (Wildman–Crippen LogP) is 1.15. The summed E-state index contributed by atoms with van der Waals surface area (Å²) >= 11 is 0. The van der Waals surface area contributed by atoms with E-state index >= 15 is 0 Å². The van der Waals surface area contributed by atoms with Crippen LogP contribution >= 0.6 is 0 Å². The van der Waals surface area contributed by atoms with E-state index in [4.69, 9.17) is 15.0 Å². The normalized spacial score (nSPS) is 21.3. The Labute approximate surface area is 109 Å². The maximum atomic E-state index is 5.99. The van der Waals surface area contributed by atoms with E-state index < -0.39 is 0 Å². The van der Waals surface area contributed by atoms with Crippen molar-refractivity contribution < 1.29 is 9.31 Å². The molecule has 0 unspecified atom stereocenters. The molecule has 0 spiro atoms. The number of nitrogens with zero attached hydrogens (tertiary/aromatic N) is 1. The average Bonchev–Trinajstić information content (AvgIpc) is 2.48. The highest BCUT2D eigenvalue weighted by Crippen LogP contribution is 2.36. The van der Waals surface area contributed by atoms with Crippen LogP contribution in [0.15, 0.2) is 12.3 Å². The number of aryl methyl sites for hydroxylation is 1. The number of pyridine rings is 1. The lowest BCUT2D eigenvalue weighted by Gasteiger charge is -2.32. The van der Waals surface area contributed by atoms with E-state index in [1.807, 2.05) is 40.7 Å². The smallest absolute Gasteiger partial charge is 0.399 e. The molecule has 0 aliphatic carbocycles. The molecular formula is C13H21BN2O2. The first kappa shape index (κ1) is 13.5. The minimum atomic E-state index is -0.354. The monoisotopic (exact) mass is 248 g/mol.